The number of hydrogen-bond acceptors (Lipinski definition) is 4. The van der Waals surface area contributed by atoms with Crippen LogP contribution in [0, 0.1) is 0 Å². The lowest BCUT2D eigenvalue weighted by Gasteiger charge is -2.10. The van der Waals surface area contributed by atoms with Crippen molar-refractivity contribution < 1.29 is 23.6 Å². The topological polar surface area (TPSA) is 51.8 Å². The molecule has 0 spiro atoms. The number of fused-ring (bicyclic) bond motifs is 3. The molecule has 8 aromatic rings. The Morgan fingerprint density at radius 3 is 1.63 bits per heavy atom. The van der Waals surface area contributed by atoms with Gasteiger partial charge in [-0.2, -0.15) is 0 Å². The normalized spacial score (nSPS) is 15.8. The van der Waals surface area contributed by atoms with E-state index in [9.17, 15) is 0 Å². The molecular formula is C39H25N3O. The average Bonchev–Trinajstić information content (AvgIpc) is 3.58. The fraction of sp³-hybridized carbons (Fsp3) is 0. The molecule has 0 radical (unpaired) electrons. The molecule has 0 N–H and O–H groups in total. The van der Waals surface area contributed by atoms with Crippen LogP contribution in [-0.4, -0.2) is 15.0 Å². The monoisotopic (exact) mass is 565 g/mol. The first-order chi connectivity index (χ1) is 27.1. The molecule has 4 heteroatoms. The molecule has 0 aliphatic carbocycles. The van der Waals surface area contributed by atoms with Gasteiger partial charge in [0.2, 0.25) is 0 Å². The average molecular weight is 566 g/mol. The van der Waals surface area contributed by atoms with Crippen molar-refractivity contribution >= 4 is 21.9 Å². The maximum Gasteiger partial charge on any atom is 0.164 e. The SMILES string of the molecule is [2H]c1cc([2H])c2oc3c([2H])cc([2H])c(-c4nc(-c5ccc(-c6ccc(-c7c([2H])c([2H])c([2H])c([2H])c7[2H])cc6)cc5)nc(-c5c([2H])c([2H])c([2H])c([2H])c5[2H])n4)c3c2c1. The van der Waals surface area contributed by atoms with Crippen LogP contribution in [0.15, 0.2) is 156 Å². The van der Waals surface area contributed by atoms with E-state index in [4.69, 9.17) is 28.6 Å². The van der Waals surface area contributed by atoms with Gasteiger partial charge in [-0.1, -0.05) is 139 Å². The Balaban J connectivity index is 1.30. The fourth-order valence-electron chi connectivity index (χ4n) is 4.82. The molecule has 0 unspecified atom stereocenters. The van der Waals surface area contributed by atoms with E-state index >= 15 is 0 Å². The summed E-state index contributed by atoms with van der Waals surface area (Å²) >= 11 is 0. The second-order valence-electron chi connectivity index (χ2n) is 9.42. The summed E-state index contributed by atoms with van der Waals surface area (Å²) in [7, 11) is 0. The molecule has 0 atom stereocenters. The maximum atomic E-state index is 8.97. The van der Waals surface area contributed by atoms with Crippen LogP contribution in [0.4, 0.5) is 0 Å². The summed E-state index contributed by atoms with van der Waals surface area (Å²) in [6.07, 6.45) is 0. The van der Waals surface area contributed by atoms with Gasteiger partial charge in [0.1, 0.15) is 11.2 Å². The van der Waals surface area contributed by atoms with E-state index in [1.165, 1.54) is 18.2 Å². The van der Waals surface area contributed by atoms with Crippen LogP contribution in [0.1, 0.15) is 19.2 Å². The molecule has 8 rings (SSSR count). The molecule has 2 aromatic heterocycles. The zero-order valence-electron chi connectivity index (χ0n) is 36.1. The Morgan fingerprint density at radius 1 is 0.419 bits per heavy atom. The molecule has 0 fully saturated rings. The fourth-order valence-corrected chi connectivity index (χ4v) is 4.82. The van der Waals surface area contributed by atoms with Crippen molar-refractivity contribution in [2.24, 2.45) is 0 Å². The molecule has 0 saturated carbocycles. The highest BCUT2D eigenvalue weighted by molar-refractivity contribution is 6.11. The minimum atomic E-state index is -0.608. The van der Waals surface area contributed by atoms with E-state index in [1.54, 1.807) is 48.5 Å². The number of aromatic nitrogens is 3. The standard InChI is InChI=1S/C39H25N3O/c1-3-10-26(11-4-1)27-18-20-28(21-19-27)29-22-24-31(25-23-29)38-40-37(30-12-5-2-6-13-30)41-39(42-38)33-15-9-17-35-36(33)32-14-7-8-16-34(32)43-35/h1-25H/i1D,2D,3D,4D,5D,6D,7D,10D,11D,12D,13D,15D,16D,17D. The molecule has 0 bridgehead atoms. The lowest BCUT2D eigenvalue weighted by atomic mass is 9.99. The van der Waals surface area contributed by atoms with Crippen LogP contribution < -0.4 is 0 Å². The Hall–Kier alpha value is -5.87. The van der Waals surface area contributed by atoms with E-state index in [2.05, 4.69) is 9.97 Å². The van der Waals surface area contributed by atoms with Crippen LogP contribution in [0.2, 0.25) is 0 Å². The van der Waals surface area contributed by atoms with E-state index in [0.717, 1.165) is 11.1 Å². The summed E-state index contributed by atoms with van der Waals surface area (Å²) in [6, 6.07) is 12.3. The van der Waals surface area contributed by atoms with Crippen LogP contribution in [-0.2, 0) is 0 Å². The number of nitrogens with zero attached hydrogens (tertiary/aromatic N) is 3. The lowest BCUT2D eigenvalue weighted by molar-refractivity contribution is 0.669. The zero-order valence-corrected chi connectivity index (χ0v) is 22.1. The van der Waals surface area contributed by atoms with E-state index in [1.807, 2.05) is 0 Å². The second-order valence-corrected chi connectivity index (χ2v) is 9.42. The van der Waals surface area contributed by atoms with Gasteiger partial charge in [-0.05, 0) is 34.3 Å². The van der Waals surface area contributed by atoms with Gasteiger partial charge in [-0.25, -0.2) is 15.0 Å². The van der Waals surface area contributed by atoms with Crippen molar-refractivity contribution in [3.8, 4) is 56.4 Å². The van der Waals surface area contributed by atoms with Gasteiger partial charge in [0.05, 0.1) is 19.2 Å². The summed E-state index contributed by atoms with van der Waals surface area (Å²) in [5.74, 6) is -0.409. The summed E-state index contributed by atoms with van der Waals surface area (Å²) < 4.78 is 123. The Kier molecular flexibility index (Phi) is 3.51. The molecule has 0 saturated heterocycles. The van der Waals surface area contributed by atoms with Gasteiger partial charge in [0.15, 0.2) is 17.5 Å². The minimum absolute atomic E-state index is 0.0111. The Bertz CT molecular complexity index is 2950. The van der Waals surface area contributed by atoms with Crippen LogP contribution in [0.5, 0.6) is 0 Å². The summed E-state index contributed by atoms with van der Waals surface area (Å²) in [6.45, 7) is 0. The van der Waals surface area contributed by atoms with Crippen molar-refractivity contribution in [1.82, 2.24) is 15.0 Å². The number of furan rings is 1. The predicted octanol–water partition coefficient (Wildman–Crippen LogP) is 10.1. The summed E-state index contributed by atoms with van der Waals surface area (Å²) in [5.41, 5.74) is 2.26. The molecule has 2 heterocycles. The highest BCUT2D eigenvalue weighted by Gasteiger charge is 2.17. The van der Waals surface area contributed by atoms with E-state index < -0.39 is 48.3 Å². The van der Waals surface area contributed by atoms with Crippen LogP contribution >= 0.6 is 0 Å². The van der Waals surface area contributed by atoms with Crippen LogP contribution in [0.25, 0.3) is 78.4 Å². The van der Waals surface area contributed by atoms with E-state index in [-0.39, 0.29) is 92.4 Å². The minimum Gasteiger partial charge on any atom is -0.456 e. The molecule has 6 aromatic carbocycles. The first kappa shape index (κ1) is 14.3. The van der Waals surface area contributed by atoms with Gasteiger partial charge < -0.3 is 4.42 Å². The van der Waals surface area contributed by atoms with Crippen molar-refractivity contribution in [2.45, 2.75) is 0 Å². The zero-order chi connectivity index (χ0) is 40.8. The number of hydrogen-bond donors (Lipinski definition) is 0. The van der Waals surface area contributed by atoms with Gasteiger partial charge in [0.25, 0.3) is 0 Å². The van der Waals surface area contributed by atoms with Crippen molar-refractivity contribution in [3.63, 3.8) is 0 Å². The Labute approximate surface area is 268 Å². The molecule has 0 aliphatic heterocycles. The number of para-hydroxylation sites is 1. The number of rotatable bonds is 5. The molecule has 0 aliphatic rings. The van der Waals surface area contributed by atoms with Crippen LogP contribution in [0.3, 0.4) is 0 Å². The van der Waals surface area contributed by atoms with Crippen molar-refractivity contribution in [2.75, 3.05) is 0 Å². The quantitative estimate of drug-likeness (QED) is 0.208. The Morgan fingerprint density at radius 2 is 0.953 bits per heavy atom. The second kappa shape index (κ2) is 10.5. The summed E-state index contributed by atoms with van der Waals surface area (Å²) in [5, 5.41) is 0.463. The third-order valence-corrected chi connectivity index (χ3v) is 6.86. The first-order valence-corrected chi connectivity index (χ1v) is 13.1. The number of benzene rings is 6. The molecule has 4 nitrogen and oxygen atoms in total. The largest absolute Gasteiger partial charge is 0.456 e. The van der Waals surface area contributed by atoms with Gasteiger partial charge in [-0.3, -0.25) is 0 Å². The summed E-state index contributed by atoms with van der Waals surface area (Å²) in [4.78, 5) is 13.8. The maximum absolute atomic E-state index is 8.97. The molecule has 202 valence electrons. The highest BCUT2D eigenvalue weighted by atomic mass is 16.3. The van der Waals surface area contributed by atoms with Crippen molar-refractivity contribution in [3.05, 3.63) is 151 Å². The first-order valence-electron chi connectivity index (χ1n) is 20.1. The van der Waals surface area contributed by atoms with Gasteiger partial charge in [0, 0.05) is 27.5 Å². The molecule has 0 amide bonds. The predicted molar refractivity (Wildman–Crippen MR) is 174 cm³/mol. The lowest BCUT2D eigenvalue weighted by Crippen LogP contribution is -2.00. The van der Waals surface area contributed by atoms with Gasteiger partial charge in [-0.15, -0.1) is 0 Å². The molecular weight excluding hydrogens is 526 g/mol. The smallest absolute Gasteiger partial charge is 0.164 e. The highest BCUT2D eigenvalue weighted by Crippen LogP contribution is 2.36. The third-order valence-electron chi connectivity index (χ3n) is 6.86. The van der Waals surface area contributed by atoms with Crippen molar-refractivity contribution in [1.29, 1.82) is 0 Å². The van der Waals surface area contributed by atoms with Gasteiger partial charge >= 0.3 is 0 Å². The van der Waals surface area contributed by atoms with E-state index in [0.29, 0.717) is 11.1 Å². The molecule has 43 heavy (non-hydrogen) atoms. The third kappa shape index (κ3) is 4.65.